The van der Waals surface area contributed by atoms with Gasteiger partial charge in [0, 0.05) is 49.8 Å². The van der Waals surface area contributed by atoms with Gasteiger partial charge in [0.25, 0.3) is 0 Å². The zero-order chi connectivity index (χ0) is 19.3. The molecule has 1 aliphatic heterocycles. The summed E-state index contributed by atoms with van der Waals surface area (Å²) >= 11 is 0. The van der Waals surface area contributed by atoms with Gasteiger partial charge in [0.1, 0.15) is 5.82 Å². The van der Waals surface area contributed by atoms with E-state index >= 15 is 0 Å². The van der Waals surface area contributed by atoms with E-state index in [0.29, 0.717) is 0 Å². The molecule has 5 heteroatoms. The molecule has 3 aromatic rings. The van der Waals surface area contributed by atoms with Gasteiger partial charge in [-0.3, -0.25) is 4.90 Å². The van der Waals surface area contributed by atoms with Gasteiger partial charge in [-0.05, 0) is 24.1 Å². The van der Waals surface area contributed by atoms with Crippen LogP contribution in [0.2, 0.25) is 0 Å². The number of anilines is 1. The summed E-state index contributed by atoms with van der Waals surface area (Å²) in [4.78, 5) is 9.57. The number of para-hydroxylation sites is 1. The van der Waals surface area contributed by atoms with E-state index in [2.05, 4.69) is 34.1 Å². The average molecular weight is 377 g/mol. The molecule has 1 saturated heterocycles. The van der Waals surface area contributed by atoms with Gasteiger partial charge in [-0.1, -0.05) is 48.5 Å². The molecule has 1 aromatic heterocycles. The second-order valence-electron chi connectivity index (χ2n) is 7.39. The highest BCUT2D eigenvalue weighted by Gasteiger charge is 2.28. The second kappa shape index (κ2) is 8.69. The lowest BCUT2D eigenvalue weighted by molar-refractivity contribution is 0.135. The molecule has 2 heterocycles. The van der Waals surface area contributed by atoms with Crippen molar-refractivity contribution in [1.82, 2.24) is 9.88 Å². The van der Waals surface area contributed by atoms with Crippen LogP contribution in [0.15, 0.2) is 60.7 Å². The Labute approximate surface area is 165 Å². The molecule has 0 spiro atoms. The van der Waals surface area contributed by atoms with Crippen molar-refractivity contribution in [1.29, 1.82) is 0 Å². The zero-order valence-electron chi connectivity index (χ0n) is 16.0. The van der Waals surface area contributed by atoms with E-state index in [4.69, 9.17) is 4.98 Å². The molecule has 0 saturated carbocycles. The van der Waals surface area contributed by atoms with Crippen LogP contribution in [0.25, 0.3) is 10.9 Å². The van der Waals surface area contributed by atoms with Gasteiger partial charge >= 0.3 is 0 Å². The molecular formula is C23H27N3O2. The van der Waals surface area contributed by atoms with Gasteiger partial charge in [-0.25, -0.2) is 4.98 Å². The Morgan fingerprint density at radius 3 is 2.54 bits per heavy atom. The van der Waals surface area contributed by atoms with E-state index in [1.165, 1.54) is 5.56 Å². The third-order valence-electron chi connectivity index (χ3n) is 5.55. The summed E-state index contributed by atoms with van der Waals surface area (Å²) < 4.78 is 0. The molecule has 4 rings (SSSR count). The average Bonchev–Trinajstić information content (AvgIpc) is 2.75. The van der Waals surface area contributed by atoms with Crippen molar-refractivity contribution in [2.75, 3.05) is 31.1 Å². The minimum absolute atomic E-state index is 0.0257. The van der Waals surface area contributed by atoms with Gasteiger partial charge in [0.05, 0.1) is 12.1 Å². The molecular weight excluding hydrogens is 350 g/mol. The highest BCUT2D eigenvalue weighted by Crippen LogP contribution is 2.27. The Kier molecular flexibility index (Phi) is 5.86. The molecule has 1 atom stereocenters. The first-order valence-electron chi connectivity index (χ1n) is 9.92. The summed E-state index contributed by atoms with van der Waals surface area (Å²) in [5.74, 6) is 0.864. The molecule has 0 amide bonds. The highest BCUT2D eigenvalue weighted by atomic mass is 16.3. The molecule has 1 aliphatic rings. The lowest BCUT2D eigenvalue weighted by atomic mass is 10.1. The predicted octanol–water partition coefficient (Wildman–Crippen LogP) is 2.80. The molecule has 0 unspecified atom stereocenters. The predicted molar refractivity (Wildman–Crippen MR) is 112 cm³/mol. The Bertz CT molecular complexity index is 916. The number of rotatable bonds is 6. The van der Waals surface area contributed by atoms with Gasteiger partial charge in [0.15, 0.2) is 0 Å². The fourth-order valence-corrected chi connectivity index (χ4v) is 4.07. The standard InChI is InChI=1S/C23H27N3O2/c27-13-10-21-16-26(12-11-25(21)15-18-6-2-1-3-7-18)23-20(17-28)14-19-8-4-5-9-22(19)24-23/h1-9,14,21,27-28H,10-13,15-17H2/t21-/m0/s1. The molecule has 0 radical (unpaired) electrons. The maximum absolute atomic E-state index is 9.91. The monoisotopic (exact) mass is 377 g/mol. The number of benzene rings is 2. The molecule has 2 aromatic carbocycles. The first-order chi connectivity index (χ1) is 13.8. The molecule has 1 fully saturated rings. The van der Waals surface area contributed by atoms with Crippen LogP contribution < -0.4 is 4.90 Å². The van der Waals surface area contributed by atoms with E-state index in [1.807, 2.05) is 36.4 Å². The Hall–Kier alpha value is -2.47. The molecule has 28 heavy (non-hydrogen) atoms. The summed E-state index contributed by atoms with van der Waals surface area (Å²) in [7, 11) is 0. The minimum atomic E-state index is -0.0257. The third kappa shape index (κ3) is 4.02. The first-order valence-corrected chi connectivity index (χ1v) is 9.92. The number of fused-ring (bicyclic) bond motifs is 1. The minimum Gasteiger partial charge on any atom is -0.396 e. The van der Waals surface area contributed by atoms with Crippen LogP contribution in [0.1, 0.15) is 17.5 Å². The maximum atomic E-state index is 9.91. The largest absolute Gasteiger partial charge is 0.396 e. The Morgan fingerprint density at radius 1 is 0.964 bits per heavy atom. The van der Waals surface area contributed by atoms with Crippen molar-refractivity contribution in [2.24, 2.45) is 0 Å². The number of aromatic nitrogens is 1. The van der Waals surface area contributed by atoms with Crippen LogP contribution >= 0.6 is 0 Å². The summed E-state index contributed by atoms with van der Waals surface area (Å²) in [5.41, 5.74) is 3.09. The van der Waals surface area contributed by atoms with Crippen molar-refractivity contribution < 1.29 is 10.2 Å². The van der Waals surface area contributed by atoms with Crippen molar-refractivity contribution in [2.45, 2.75) is 25.6 Å². The zero-order valence-corrected chi connectivity index (χ0v) is 16.0. The second-order valence-corrected chi connectivity index (χ2v) is 7.39. The summed E-state index contributed by atoms with van der Waals surface area (Å²) in [6, 6.07) is 20.8. The van der Waals surface area contributed by atoms with Gasteiger partial charge < -0.3 is 15.1 Å². The van der Waals surface area contributed by atoms with E-state index in [-0.39, 0.29) is 19.3 Å². The number of hydrogen-bond donors (Lipinski definition) is 2. The van der Waals surface area contributed by atoms with Crippen molar-refractivity contribution in [3.8, 4) is 0 Å². The molecule has 5 nitrogen and oxygen atoms in total. The van der Waals surface area contributed by atoms with Crippen LogP contribution in [0, 0.1) is 0 Å². The molecule has 2 N–H and O–H groups in total. The number of hydrogen-bond acceptors (Lipinski definition) is 5. The van der Waals surface area contributed by atoms with Gasteiger partial charge in [0.2, 0.25) is 0 Å². The Balaban J connectivity index is 1.58. The van der Waals surface area contributed by atoms with Crippen LogP contribution in [-0.4, -0.2) is 52.4 Å². The van der Waals surface area contributed by atoms with Gasteiger partial charge in [-0.15, -0.1) is 0 Å². The van der Waals surface area contributed by atoms with E-state index in [9.17, 15) is 10.2 Å². The topological polar surface area (TPSA) is 59.8 Å². The highest BCUT2D eigenvalue weighted by molar-refractivity contribution is 5.81. The van der Waals surface area contributed by atoms with Crippen LogP contribution in [0.5, 0.6) is 0 Å². The maximum Gasteiger partial charge on any atom is 0.134 e. The van der Waals surface area contributed by atoms with E-state index < -0.39 is 0 Å². The van der Waals surface area contributed by atoms with Crippen LogP contribution in [0.3, 0.4) is 0 Å². The lowest BCUT2D eigenvalue weighted by Gasteiger charge is -2.42. The first kappa shape index (κ1) is 18.9. The van der Waals surface area contributed by atoms with Crippen LogP contribution in [0.4, 0.5) is 5.82 Å². The van der Waals surface area contributed by atoms with Crippen molar-refractivity contribution in [3.63, 3.8) is 0 Å². The quantitative estimate of drug-likeness (QED) is 0.692. The number of aliphatic hydroxyl groups excluding tert-OH is 2. The summed E-state index contributed by atoms with van der Waals surface area (Å²) in [6.45, 7) is 3.58. The number of nitrogens with zero attached hydrogens (tertiary/aromatic N) is 3. The fourth-order valence-electron chi connectivity index (χ4n) is 4.07. The number of aliphatic hydroxyl groups is 2. The van der Waals surface area contributed by atoms with Gasteiger partial charge in [-0.2, -0.15) is 0 Å². The third-order valence-corrected chi connectivity index (χ3v) is 5.55. The number of piperazine rings is 1. The van der Waals surface area contributed by atoms with E-state index in [1.54, 1.807) is 0 Å². The van der Waals surface area contributed by atoms with Crippen LogP contribution in [-0.2, 0) is 13.2 Å². The SMILES string of the molecule is OCC[C@H]1CN(c2nc3ccccc3cc2CO)CCN1Cc1ccccc1. The summed E-state index contributed by atoms with van der Waals surface area (Å²) in [6.07, 6.45) is 0.728. The van der Waals surface area contributed by atoms with E-state index in [0.717, 1.165) is 54.9 Å². The summed E-state index contributed by atoms with van der Waals surface area (Å²) in [5, 5.41) is 20.6. The molecule has 0 bridgehead atoms. The fraction of sp³-hybridized carbons (Fsp3) is 0.348. The molecule has 146 valence electrons. The normalized spacial score (nSPS) is 17.9. The molecule has 0 aliphatic carbocycles. The lowest BCUT2D eigenvalue weighted by Crippen LogP contribution is -2.53. The smallest absolute Gasteiger partial charge is 0.134 e. The number of pyridine rings is 1. The van der Waals surface area contributed by atoms with Crippen molar-refractivity contribution in [3.05, 3.63) is 71.8 Å². The Morgan fingerprint density at radius 2 is 1.75 bits per heavy atom. The van der Waals surface area contributed by atoms with Crippen molar-refractivity contribution >= 4 is 16.7 Å².